The number of nitrogens with zero attached hydrogens (tertiary/aromatic N) is 2. The molecule has 0 aliphatic carbocycles. The van der Waals surface area contributed by atoms with Crippen molar-refractivity contribution in [2.75, 3.05) is 20.1 Å². The molecule has 134 valence electrons. The SMILES string of the molecule is CC(C(=O)N1CCC(C(N)=O)CC1)N(C)Cc1cc2ccccc2o1. The van der Waals surface area contributed by atoms with Crippen LogP contribution in [0, 0.1) is 5.92 Å². The Bertz CT molecular complexity index is 729. The molecule has 1 aliphatic rings. The summed E-state index contributed by atoms with van der Waals surface area (Å²) in [5.41, 5.74) is 6.21. The van der Waals surface area contributed by atoms with E-state index in [2.05, 4.69) is 0 Å². The van der Waals surface area contributed by atoms with Gasteiger partial charge in [-0.2, -0.15) is 0 Å². The number of likely N-dealkylation sites (tertiary alicyclic amines) is 1. The number of fused-ring (bicyclic) bond motifs is 1. The molecular formula is C19H25N3O3. The Balaban J connectivity index is 1.59. The van der Waals surface area contributed by atoms with Crippen LogP contribution in [-0.2, 0) is 16.1 Å². The number of carbonyl (C=O) groups excluding carboxylic acids is 2. The van der Waals surface area contributed by atoms with Gasteiger partial charge in [0.25, 0.3) is 0 Å². The van der Waals surface area contributed by atoms with Gasteiger partial charge in [-0.05, 0) is 38.9 Å². The van der Waals surface area contributed by atoms with Crippen molar-refractivity contribution in [3.8, 4) is 0 Å². The molecule has 6 nitrogen and oxygen atoms in total. The first-order chi connectivity index (χ1) is 12.0. The quantitative estimate of drug-likeness (QED) is 0.900. The van der Waals surface area contributed by atoms with Gasteiger partial charge < -0.3 is 15.1 Å². The Morgan fingerprint density at radius 2 is 2.00 bits per heavy atom. The second-order valence-electron chi connectivity index (χ2n) is 6.84. The molecule has 6 heteroatoms. The van der Waals surface area contributed by atoms with Crippen LogP contribution >= 0.6 is 0 Å². The predicted molar refractivity (Wildman–Crippen MR) is 95.6 cm³/mol. The number of benzene rings is 1. The minimum absolute atomic E-state index is 0.0848. The molecule has 3 rings (SSSR count). The van der Waals surface area contributed by atoms with Crippen LogP contribution in [-0.4, -0.2) is 47.8 Å². The molecule has 1 unspecified atom stereocenters. The average molecular weight is 343 g/mol. The molecule has 1 aliphatic heterocycles. The van der Waals surface area contributed by atoms with E-state index in [-0.39, 0.29) is 23.8 Å². The van der Waals surface area contributed by atoms with Crippen molar-refractivity contribution in [1.82, 2.24) is 9.80 Å². The van der Waals surface area contributed by atoms with Gasteiger partial charge in [0.1, 0.15) is 11.3 Å². The lowest BCUT2D eigenvalue weighted by Crippen LogP contribution is -2.49. The summed E-state index contributed by atoms with van der Waals surface area (Å²) in [4.78, 5) is 27.8. The summed E-state index contributed by atoms with van der Waals surface area (Å²) in [5, 5.41) is 1.07. The Hall–Kier alpha value is -2.34. The zero-order valence-corrected chi connectivity index (χ0v) is 14.8. The fourth-order valence-electron chi connectivity index (χ4n) is 3.33. The summed E-state index contributed by atoms with van der Waals surface area (Å²) in [6, 6.07) is 9.64. The van der Waals surface area contributed by atoms with Crippen LogP contribution in [0.15, 0.2) is 34.7 Å². The smallest absolute Gasteiger partial charge is 0.239 e. The Morgan fingerprint density at radius 1 is 1.32 bits per heavy atom. The lowest BCUT2D eigenvalue weighted by atomic mass is 9.96. The van der Waals surface area contributed by atoms with Crippen LogP contribution in [0.3, 0.4) is 0 Å². The number of hydrogen-bond acceptors (Lipinski definition) is 4. The molecule has 1 saturated heterocycles. The highest BCUT2D eigenvalue weighted by atomic mass is 16.3. The van der Waals surface area contributed by atoms with Gasteiger partial charge in [0.2, 0.25) is 11.8 Å². The van der Waals surface area contributed by atoms with Gasteiger partial charge >= 0.3 is 0 Å². The maximum atomic E-state index is 12.7. The van der Waals surface area contributed by atoms with E-state index in [0.29, 0.717) is 32.5 Å². The van der Waals surface area contributed by atoms with Gasteiger partial charge in [-0.3, -0.25) is 14.5 Å². The van der Waals surface area contributed by atoms with E-state index in [0.717, 1.165) is 16.7 Å². The molecule has 1 fully saturated rings. The van der Waals surface area contributed by atoms with Crippen molar-refractivity contribution in [2.24, 2.45) is 11.7 Å². The van der Waals surface area contributed by atoms with Crippen molar-refractivity contribution >= 4 is 22.8 Å². The van der Waals surface area contributed by atoms with Crippen molar-refractivity contribution in [1.29, 1.82) is 0 Å². The van der Waals surface area contributed by atoms with Gasteiger partial charge in [-0.1, -0.05) is 18.2 Å². The van der Waals surface area contributed by atoms with Crippen LogP contribution in [0.1, 0.15) is 25.5 Å². The first-order valence-corrected chi connectivity index (χ1v) is 8.71. The lowest BCUT2D eigenvalue weighted by molar-refractivity contribution is -0.139. The molecule has 2 heterocycles. The van der Waals surface area contributed by atoms with E-state index in [1.807, 2.05) is 54.1 Å². The number of amides is 2. The molecule has 0 bridgehead atoms. The minimum Gasteiger partial charge on any atom is -0.460 e. The Morgan fingerprint density at radius 3 is 2.64 bits per heavy atom. The van der Waals surface area contributed by atoms with Gasteiger partial charge in [-0.15, -0.1) is 0 Å². The largest absolute Gasteiger partial charge is 0.460 e. The first-order valence-electron chi connectivity index (χ1n) is 8.71. The van der Waals surface area contributed by atoms with Crippen molar-refractivity contribution in [2.45, 2.75) is 32.4 Å². The summed E-state index contributed by atoms with van der Waals surface area (Å²) < 4.78 is 5.84. The van der Waals surface area contributed by atoms with Crippen LogP contribution in [0.2, 0.25) is 0 Å². The predicted octanol–water partition coefficient (Wildman–Crippen LogP) is 1.98. The third-order valence-corrected chi connectivity index (χ3v) is 5.11. The fourth-order valence-corrected chi connectivity index (χ4v) is 3.33. The Kier molecular flexibility index (Phi) is 5.08. The summed E-state index contributed by atoms with van der Waals surface area (Å²) in [6.45, 7) is 3.66. The fraction of sp³-hybridized carbons (Fsp3) is 0.474. The molecule has 1 aromatic heterocycles. The number of para-hydroxylation sites is 1. The van der Waals surface area contributed by atoms with Gasteiger partial charge in [0, 0.05) is 24.4 Å². The minimum atomic E-state index is -0.262. The monoisotopic (exact) mass is 343 g/mol. The van der Waals surface area contributed by atoms with Crippen LogP contribution in [0.25, 0.3) is 11.0 Å². The number of furan rings is 1. The number of carbonyl (C=O) groups is 2. The van der Waals surface area contributed by atoms with Crippen molar-refractivity contribution < 1.29 is 14.0 Å². The number of likely N-dealkylation sites (N-methyl/N-ethyl adjacent to an activating group) is 1. The van der Waals surface area contributed by atoms with Crippen LogP contribution in [0.4, 0.5) is 0 Å². The van der Waals surface area contributed by atoms with Crippen molar-refractivity contribution in [3.63, 3.8) is 0 Å². The third kappa shape index (κ3) is 3.85. The second-order valence-corrected chi connectivity index (χ2v) is 6.84. The maximum Gasteiger partial charge on any atom is 0.239 e. The zero-order chi connectivity index (χ0) is 18.0. The third-order valence-electron chi connectivity index (χ3n) is 5.11. The summed E-state index contributed by atoms with van der Waals surface area (Å²) in [6.07, 6.45) is 1.31. The molecule has 0 radical (unpaired) electrons. The molecule has 0 saturated carbocycles. The molecule has 1 aromatic carbocycles. The molecular weight excluding hydrogens is 318 g/mol. The topological polar surface area (TPSA) is 79.8 Å². The highest BCUT2D eigenvalue weighted by Gasteiger charge is 2.29. The number of hydrogen-bond donors (Lipinski definition) is 1. The number of nitrogens with two attached hydrogens (primary N) is 1. The van der Waals surface area contributed by atoms with E-state index in [1.54, 1.807) is 0 Å². The highest BCUT2D eigenvalue weighted by Crippen LogP contribution is 2.21. The second kappa shape index (κ2) is 7.27. The number of rotatable bonds is 5. The lowest BCUT2D eigenvalue weighted by Gasteiger charge is -2.34. The molecule has 2 amide bonds. The Labute approximate surface area is 147 Å². The van der Waals surface area contributed by atoms with E-state index in [4.69, 9.17) is 10.2 Å². The molecule has 2 aromatic rings. The van der Waals surface area contributed by atoms with E-state index in [9.17, 15) is 9.59 Å². The van der Waals surface area contributed by atoms with Gasteiger partial charge in [-0.25, -0.2) is 0 Å². The molecule has 25 heavy (non-hydrogen) atoms. The van der Waals surface area contributed by atoms with E-state index < -0.39 is 0 Å². The van der Waals surface area contributed by atoms with Gasteiger partial charge in [0.15, 0.2) is 0 Å². The summed E-state index contributed by atoms with van der Waals surface area (Å²) >= 11 is 0. The van der Waals surface area contributed by atoms with Crippen LogP contribution in [0.5, 0.6) is 0 Å². The van der Waals surface area contributed by atoms with E-state index >= 15 is 0 Å². The van der Waals surface area contributed by atoms with Crippen LogP contribution < -0.4 is 5.73 Å². The van der Waals surface area contributed by atoms with Gasteiger partial charge in [0.05, 0.1) is 12.6 Å². The zero-order valence-electron chi connectivity index (χ0n) is 14.8. The summed E-state index contributed by atoms with van der Waals surface area (Å²) in [5.74, 6) is 0.562. The number of piperidine rings is 1. The first kappa shape index (κ1) is 17.5. The van der Waals surface area contributed by atoms with E-state index in [1.165, 1.54) is 0 Å². The molecule has 0 spiro atoms. The summed E-state index contributed by atoms with van der Waals surface area (Å²) in [7, 11) is 1.92. The normalized spacial score (nSPS) is 17.2. The van der Waals surface area contributed by atoms with Crippen molar-refractivity contribution in [3.05, 3.63) is 36.1 Å². The number of primary amides is 1. The molecule has 1 atom stereocenters. The molecule has 2 N–H and O–H groups in total. The maximum absolute atomic E-state index is 12.7. The standard InChI is InChI=1S/C19H25N3O3/c1-13(19(24)22-9-7-14(8-10-22)18(20)23)21(2)12-16-11-15-5-3-4-6-17(15)25-16/h3-6,11,13-14H,7-10,12H2,1-2H3,(H2,20,23). The average Bonchev–Trinajstić information content (AvgIpc) is 3.02. The highest BCUT2D eigenvalue weighted by molar-refractivity contribution is 5.82.